The molecule has 0 aliphatic rings. The quantitative estimate of drug-likeness (QED) is 0.580. The molecule has 6 N–H and O–H groups in total. The SMILES string of the molecule is N/C=C(/NC(=O)Nc1ccccc1)SN. The lowest BCUT2D eigenvalue weighted by Gasteiger charge is -2.07. The summed E-state index contributed by atoms with van der Waals surface area (Å²) in [7, 11) is 0. The van der Waals surface area contributed by atoms with Crippen LogP contribution in [0.5, 0.6) is 0 Å². The maximum atomic E-state index is 11.4. The molecule has 0 saturated carbocycles. The third kappa shape index (κ3) is 3.92. The zero-order chi connectivity index (χ0) is 11.1. The summed E-state index contributed by atoms with van der Waals surface area (Å²) in [6, 6.07) is 8.70. The van der Waals surface area contributed by atoms with Crippen LogP contribution < -0.4 is 21.5 Å². The number of nitrogens with two attached hydrogens (primary N) is 2. The van der Waals surface area contributed by atoms with E-state index in [4.69, 9.17) is 10.9 Å². The van der Waals surface area contributed by atoms with E-state index in [9.17, 15) is 4.79 Å². The van der Waals surface area contributed by atoms with E-state index in [1.54, 1.807) is 12.1 Å². The van der Waals surface area contributed by atoms with Crippen LogP contribution in [0.3, 0.4) is 0 Å². The second-order valence-corrected chi connectivity index (χ2v) is 3.27. The number of carbonyl (C=O) groups excluding carboxylic acids is 1. The lowest BCUT2D eigenvalue weighted by Crippen LogP contribution is -2.28. The monoisotopic (exact) mass is 224 g/mol. The minimum absolute atomic E-state index is 0.379. The zero-order valence-corrected chi connectivity index (χ0v) is 8.75. The third-order valence-corrected chi connectivity index (χ3v) is 2.04. The number of hydrogen-bond donors (Lipinski definition) is 4. The van der Waals surface area contributed by atoms with Crippen molar-refractivity contribution in [3.8, 4) is 0 Å². The lowest BCUT2D eigenvalue weighted by atomic mass is 10.3. The van der Waals surface area contributed by atoms with Crippen molar-refractivity contribution in [1.29, 1.82) is 0 Å². The van der Waals surface area contributed by atoms with Gasteiger partial charge in [-0.15, -0.1) is 0 Å². The molecule has 0 atom stereocenters. The van der Waals surface area contributed by atoms with Crippen LogP contribution in [0.4, 0.5) is 10.5 Å². The molecular formula is C9H12N4OS. The fourth-order valence-electron chi connectivity index (χ4n) is 0.906. The average molecular weight is 224 g/mol. The fraction of sp³-hybridized carbons (Fsp3) is 0. The smallest absolute Gasteiger partial charge is 0.324 e. The Labute approximate surface area is 92.0 Å². The fourth-order valence-corrected chi connectivity index (χ4v) is 1.14. The normalized spacial score (nSPS) is 10.9. The minimum atomic E-state index is -0.379. The molecule has 1 aromatic rings. The topological polar surface area (TPSA) is 93.2 Å². The first-order valence-corrected chi connectivity index (χ1v) is 5.06. The van der Waals surface area contributed by atoms with Crippen molar-refractivity contribution in [2.24, 2.45) is 10.9 Å². The van der Waals surface area contributed by atoms with E-state index in [1.807, 2.05) is 18.2 Å². The van der Waals surface area contributed by atoms with E-state index in [0.717, 1.165) is 11.9 Å². The number of nitrogens with one attached hydrogen (secondary N) is 2. The van der Waals surface area contributed by atoms with Gasteiger partial charge in [0.25, 0.3) is 0 Å². The summed E-state index contributed by atoms with van der Waals surface area (Å²) >= 11 is 0.873. The standard InChI is InChI=1S/C9H12N4OS/c10-6-8(15-11)13-9(14)12-7-4-2-1-3-5-7/h1-6H,10-11H2,(H2,12,13,14)/b8-6-. The van der Waals surface area contributed by atoms with Gasteiger partial charge in [0.15, 0.2) is 0 Å². The Balaban J connectivity index is 2.50. The second kappa shape index (κ2) is 5.94. The number of urea groups is 1. The van der Waals surface area contributed by atoms with Gasteiger partial charge in [-0.2, -0.15) is 0 Å². The van der Waals surface area contributed by atoms with Crippen molar-refractivity contribution in [3.05, 3.63) is 41.6 Å². The molecule has 1 rings (SSSR count). The van der Waals surface area contributed by atoms with Crippen LogP contribution in [0.1, 0.15) is 0 Å². The van der Waals surface area contributed by atoms with E-state index >= 15 is 0 Å². The maximum Gasteiger partial charge on any atom is 0.324 e. The van der Waals surface area contributed by atoms with Crippen LogP contribution >= 0.6 is 11.9 Å². The van der Waals surface area contributed by atoms with Crippen LogP contribution in [-0.2, 0) is 0 Å². The van der Waals surface area contributed by atoms with Crippen molar-refractivity contribution in [3.63, 3.8) is 0 Å². The van der Waals surface area contributed by atoms with Crippen molar-refractivity contribution in [1.82, 2.24) is 5.32 Å². The summed E-state index contributed by atoms with van der Waals surface area (Å²) < 4.78 is 0. The number of amides is 2. The highest BCUT2D eigenvalue weighted by Crippen LogP contribution is 2.06. The first-order chi connectivity index (χ1) is 7.26. The molecule has 6 heteroatoms. The molecule has 0 bridgehead atoms. The molecule has 5 nitrogen and oxygen atoms in total. The molecule has 1 aromatic carbocycles. The molecule has 15 heavy (non-hydrogen) atoms. The van der Waals surface area contributed by atoms with Crippen LogP contribution in [-0.4, -0.2) is 6.03 Å². The second-order valence-electron chi connectivity index (χ2n) is 2.59. The Morgan fingerprint density at radius 3 is 2.53 bits per heavy atom. The average Bonchev–Trinajstić information content (AvgIpc) is 2.27. The number of anilines is 1. The van der Waals surface area contributed by atoms with Crippen LogP contribution in [0.2, 0.25) is 0 Å². The predicted molar refractivity (Wildman–Crippen MR) is 62.6 cm³/mol. The third-order valence-electron chi connectivity index (χ3n) is 1.55. The summed E-state index contributed by atoms with van der Waals surface area (Å²) in [4.78, 5) is 11.4. The van der Waals surface area contributed by atoms with Gasteiger partial charge in [-0.25, -0.2) is 4.79 Å². The first kappa shape index (κ1) is 11.4. The predicted octanol–water partition coefficient (Wildman–Crippen LogP) is 1.17. The Morgan fingerprint density at radius 2 is 2.00 bits per heavy atom. The number of hydrogen-bond acceptors (Lipinski definition) is 4. The molecule has 0 radical (unpaired) electrons. The number of rotatable bonds is 3. The summed E-state index contributed by atoms with van der Waals surface area (Å²) in [5.41, 5.74) is 5.92. The number of benzene rings is 1. The molecule has 80 valence electrons. The maximum absolute atomic E-state index is 11.4. The minimum Gasteiger partial charge on any atom is -0.402 e. The van der Waals surface area contributed by atoms with Crippen molar-refractivity contribution in [2.75, 3.05) is 5.32 Å². The molecule has 0 aliphatic carbocycles. The van der Waals surface area contributed by atoms with Gasteiger partial charge in [0, 0.05) is 11.9 Å². The van der Waals surface area contributed by atoms with E-state index in [-0.39, 0.29) is 6.03 Å². The summed E-state index contributed by atoms with van der Waals surface area (Å²) in [6.45, 7) is 0. The Kier molecular flexibility index (Phi) is 4.52. The molecule has 0 heterocycles. The molecule has 2 amide bonds. The van der Waals surface area contributed by atoms with Gasteiger partial charge < -0.3 is 11.1 Å². The van der Waals surface area contributed by atoms with Gasteiger partial charge in [0.2, 0.25) is 0 Å². The van der Waals surface area contributed by atoms with Crippen LogP contribution in [0.15, 0.2) is 41.6 Å². The summed E-state index contributed by atoms with van der Waals surface area (Å²) in [5.74, 6) is 0. The Hall–Kier alpha value is -1.66. The van der Waals surface area contributed by atoms with Gasteiger partial charge in [-0.3, -0.25) is 10.5 Å². The van der Waals surface area contributed by atoms with Gasteiger partial charge in [-0.1, -0.05) is 18.2 Å². The van der Waals surface area contributed by atoms with Gasteiger partial charge in [0.05, 0.1) is 0 Å². The van der Waals surface area contributed by atoms with Gasteiger partial charge >= 0.3 is 6.03 Å². The van der Waals surface area contributed by atoms with Crippen molar-refractivity contribution < 1.29 is 4.79 Å². The summed E-state index contributed by atoms with van der Waals surface area (Å²) in [6.07, 6.45) is 1.23. The largest absolute Gasteiger partial charge is 0.402 e. The summed E-state index contributed by atoms with van der Waals surface area (Å²) in [5, 5.41) is 10.8. The van der Waals surface area contributed by atoms with Gasteiger partial charge in [-0.05, 0) is 24.1 Å². The molecule has 0 unspecified atom stereocenters. The molecule has 0 spiro atoms. The number of carbonyl (C=O) groups is 1. The number of para-hydroxylation sites is 1. The van der Waals surface area contributed by atoms with E-state index in [1.165, 1.54) is 6.20 Å². The van der Waals surface area contributed by atoms with Crippen molar-refractivity contribution >= 4 is 23.7 Å². The van der Waals surface area contributed by atoms with Crippen LogP contribution in [0.25, 0.3) is 0 Å². The van der Waals surface area contributed by atoms with E-state index in [2.05, 4.69) is 10.6 Å². The Bertz CT molecular complexity index is 352. The van der Waals surface area contributed by atoms with E-state index < -0.39 is 0 Å². The highest BCUT2D eigenvalue weighted by molar-refractivity contribution is 8.00. The molecule has 0 saturated heterocycles. The zero-order valence-electron chi connectivity index (χ0n) is 7.94. The Morgan fingerprint density at radius 1 is 1.33 bits per heavy atom. The van der Waals surface area contributed by atoms with Crippen molar-refractivity contribution in [2.45, 2.75) is 0 Å². The molecule has 0 fully saturated rings. The van der Waals surface area contributed by atoms with Crippen LogP contribution in [0, 0.1) is 0 Å². The molecule has 0 aliphatic heterocycles. The molecular weight excluding hydrogens is 212 g/mol. The highest BCUT2D eigenvalue weighted by Gasteiger charge is 2.02. The van der Waals surface area contributed by atoms with Gasteiger partial charge in [0.1, 0.15) is 5.03 Å². The molecule has 0 aromatic heterocycles. The lowest BCUT2D eigenvalue weighted by molar-refractivity contribution is 0.255. The van der Waals surface area contributed by atoms with E-state index in [0.29, 0.717) is 10.7 Å². The first-order valence-electron chi connectivity index (χ1n) is 4.18. The highest BCUT2D eigenvalue weighted by atomic mass is 32.2.